The minimum Gasteiger partial charge on any atom is -0.493 e. The first-order valence-corrected chi connectivity index (χ1v) is 10.6. The molecular formula is C21H26N2O5S. The van der Waals surface area contributed by atoms with E-state index in [4.69, 9.17) is 13.9 Å². The van der Waals surface area contributed by atoms with E-state index >= 15 is 0 Å². The molecule has 0 spiro atoms. The van der Waals surface area contributed by atoms with Gasteiger partial charge in [0.1, 0.15) is 11.4 Å². The van der Waals surface area contributed by atoms with Crippen LogP contribution in [0.25, 0.3) is 0 Å². The molecule has 1 aliphatic heterocycles. The normalized spacial score (nSPS) is 18.5. The van der Waals surface area contributed by atoms with Crippen molar-refractivity contribution < 1.29 is 23.5 Å². The molecule has 1 fully saturated rings. The number of nitrogens with one attached hydrogen (secondary N) is 1. The van der Waals surface area contributed by atoms with E-state index in [0.29, 0.717) is 36.6 Å². The maximum atomic E-state index is 12.8. The third-order valence-corrected chi connectivity index (χ3v) is 6.21. The number of hydrogen-bond donors (Lipinski definition) is 1. The lowest BCUT2D eigenvalue weighted by Crippen LogP contribution is -2.48. The fraction of sp³-hybridized carbons (Fsp3) is 0.429. The van der Waals surface area contributed by atoms with Crippen molar-refractivity contribution in [1.82, 2.24) is 10.2 Å². The van der Waals surface area contributed by atoms with Crippen LogP contribution in [0.4, 0.5) is 0 Å². The van der Waals surface area contributed by atoms with E-state index in [0.717, 1.165) is 11.1 Å². The zero-order valence-electron chi connectivity index (χ0n) is 16.8. The lowest BCUT2D eigenvalue weighted by molar-refractivity contribution is -0.139. The van der Waals surface area contributed by atoms with Gasteiger partial charge in [-0.15, -0.1) is 11.8 Å². The van der Waals surface area contributed by atoms with Crippen molar-refractivity contribution in [2.24, 2.45) is 0 Å². The molecule has 2 amide bonds. The fourth-order valence-corrected chi connectivity index (χ4v) is 4.78. The number of carbonyl (C=O) groups excluding carboxylic acids is 2. The predicted octanol–water partition coefficient (Wildman–Crippen LogP) is 3.01. The molecule has 2 heterocycles. The second-order valence-electron chi connectivity index (χ2n) is 6.64. The number of methoxy groups -OCH3 is 2. The van der Waals surface area contributed by atoms with Crippen LogP contribution in [0.15, 0.2) is 41.2 Å². The molecule has 3 rings (SSSR count). The number of rotatable bonds is 8. The summed E-state index contributed by atoms with van der Waals surface area (Å²) in [5, 5.41) is 2.78. The summed E-state index contributed by atoms with van der Waals surface area (Å²) in [6.45, 7) is 2.28. The van der Waals surface area contributed by atoms with Crippen molar-refractivity contribution in [1.29, 1.82) is 0 Å². The smallest absolute Gasteiger partial charge is 0.243 e. The summed E-state index contributed by atoms with van der Waals surface area (Å²) in [4.78, 5) is 27.0. The van der Waals surface area contributed by atoms with Crippen LogP contribution in [0.1, 0.15) is 29.8 Å². The Bertz CT molecular complexity index is 840. The Hall–Kier alpha value is -2.61. The van der Waals surface area contributed by atoms with Gasteiger partial charge in [-0.1, -0.05) is 13.0 Å². The van der Waals surface area contributed by atoms with Crippen LogP contribution in [0.3, 0.4) is 0 Å². The summed E-state index contributed by atoms with van der Waals surface area (Å²) in [5.74, 6) is 1.71. The lowest BCUT2D eigenvalue weighted by Gasteiger charge is -2.28. The van der Waals surface area contributed by atoms with Gasteiger partial charge in [-0.25, -0.2) is 0 Å². The summed E-state index contributed by atoms with van der Waals surface area (Å²) >= 11 is 1.58. The molecule has 2 unspecified atom stereocenters. The average Bonchev–Trinajstić information content (AvgIpc) is 3.42. The van der Waals surface area contributed by atoms with Gasteiger partial charge in [0.05, 0.1) is 26.7 Å². The maximum absolute atomic E-state index is 12.8. The van der Waals surface area contributed by atoms with Crippen LogP contribution in [0.5, 0.6) is 11.5 Å². The molecule has 156 valence electrons. The highest BCUT2D eigenvalue weighted by molar-refractivity contribution is 7.99. The SMILES string of the molecule is CCC(=O)N1C(C(=O)NCCc2ccc(OC)c(OC)c2)CSC1c1ccoc1. The van der Waals surface area contributed by atoms with Crippen LogP contribution in [0, 0.1) is 0 Å². The van der Waals surface area contributed by atoms with E-state index in [-0.39, 0.29) is 17.2 Å². The molecule has 1 N–H and O–H groups in total. The van der Waals surface area contributed by atoms with Crippen molar-refractivity contribution in [3.05, 3.63) is 47.9 Å². The van der Waals surface area contributed by atoms with E-state index < -0.39 is 6.04 Å². The molecule has 8 heteroatoms. The van der Waals surface area contributed by atoms with Gasteiger partial charge in [0.2, 0.25) is 11.8 Å². The molecule has 29 heavy (non-hydrogen) atoms. The summed E-state index contributed by atoms with van der Waals surface area (Å²) in [6, 6.07) is 7.04. The Morgan fingerprint density at radius 1 is 1.24 bits per heavy atom. The molecule has 0 bridgehead atoms. The van der Waals surface area contributed by atoms with E-state index in [1.54, 1.807) is 43.4 Å². The summed E-state index contributed by atoms with van der Waals surface area (Å²) in [6.07, 6.45) is 4.22. The van der Waals surface area contributed by atoms with Crippen molar-refractivity contribution in [2.45, 2.75) is 31.2 Å². The number of nitrogens with zero attached hydrogens (tertiary/aromatic N) is 1. The number of ether oxygens (including phenoxy) is 2. The molecule has 2 aromatic rings. The van der Waals surface area contributed by atoms with E-state index in [2.05, 4.69) is 5.32 Å². The maximum Gasteiger partial charge on any atom is 0.243 e. The quantitative estimate of drug-likeness (QED) is 0.710. The zero-order valence-corrected chi connectivity index (χ0v) is 17.7. The zero-order chi connectivity index (χ0) is 20.8. The van der Waals surface area contributed by atoms with Crippen molar-refractivity contribution in [3.8, 4) is 11.5 Å². The summed E-state index contributed by atoms with van der Waals surface area (Å²) in [7, 11) is 3.19. The molecule has 1 aromatic heterocycles. The monoisotopic (exact) mass is 418 g/mol. The van der Waals surface area contributed by atoms with Crippen molar-refractivity contribution in [2.75, 3.05) is 26.5 Å². The Morgan fingerprint density at radius 3 is 2.69 bits per heavy atom. The van der Waals surface area contributed by atoms with Crippen LogP contribution in [0.2, 0.25) is 0 Å². The molecule has 7 nitrogen and oxygen atoms in total. The van der Waals surface area contributed by atoms with Gasteiger partial charge < -0.3 is 24.1 Å². The van der Waals surface area contributed by atoms with E-state index in [9.17, 15) is 9.59 Å². The molecule has 1 aliphatic rings. The molecular weight excluding hydrogens is 392 g/mol. The lowest BCUT2D eigenvalue weighted by atomic mass is 10.1. The Kier molecular flexibility index (Phi) is 7.09. The van der Waals surface area contributed by atoms with Gasteiger partial charge in [0.15, 0.2) is 11.5 Å². The number of carbonyl (C=O) groups is 2. The number of amides is 2. The van der Waals surface area contributed by atoms with Gasteiger partial charge in [0, 0.05) is 24.3 Å². The second kappa shape index (κ2) is 9.73. The van der Waals surface area contributed by atoms with Gasteiger partial charge in [-0.05, 0) is 30.2 Å². The third kappa shape index (κ3) is 4.70. The number of hydrogen-bond acceptors (Lipinski definition) is 6. The Morgan fingerprint density at radius 2 is 2.03 bits per heavy atom. The molecule has 0 radical (unpaired) electrons. The highest BCUT2D eigenvalue weighted by Crippen LogP contribution is 2.41. The van der Waals surface area contributed by atoms with E-state index in [1.807, 2.05) is 31.2 Å². The van der Waals surface area contributed by atoms with Gasteiger partial charge >= 0.3 is 0 Å². The number of benzene rings is 1. The van der Waals surface area contributed by atoms with Gasteiger partial charge in [-0.2, -0.15) is 0 Å². The summed E-state index contributed by atoms with van der Waals surface area (Å²) < 4.78 is 15.7. The first-order chi connectivity index (χ1) is 14.1. The van der Waals surface area contributed by atoms with Crippen LogP contribution in [-0.4, -0.2) is 49.3 Å². The van der Waals surface area contributed by atoms with Crippen LogP contribution < -0.4 is 14.8 Å². The second-order valence-corrected chi connectivity index (χ2v) is 7.76. The topological polar surface area (TPSA) is 81.0 Å². The Labute approximate surface area is 174 Å². The molecule has 0 saturated carbocycles. The highest BCUT2D eigenvalue weighted by atomic mass is 32.2. The Balaban J connectivity index is 1.62. The van der Waals surface area contributed by atoms with Crippen LogP contribution in [-0.2, 0) is 16.0 Å². The largest absolute Gasteiger partial charge is 0.493 e. The third-order valence-electron chi connectivity index (χ3n) is 4.88. The standard InChI is InChI=1S/C21H26N2O5S/c1-4-19(24)23-16(13-29-21(23)15-8-10-28-12-15)20(25)22-9-7-14-5-6-17(26-2)18(11-14)27-3/h5-6,8,10-12,16,21H,4,7,9,13H2,1-3H3,(H,22,25). The number of furan rings is 1. The molecule has 2 atom stereocenters. The molecule has 0 aliphatic carbocycles. The molecule has 1 aromatic carbocycles. The van der Waals surface area contributed by atoms with Gasteiger partial charge in [0.25, 0.3) is 0 Å². The van der Waals surface area contributed by atoms with Crippen LogP contribution >= 0.6 is 11.8 Å². The predicted molar refractivity (Wildman–Crippen MR) is 111 cm³/mol. The van der Waals surface area contributed by atoms with Gasteiger partial charge in [-0.3, -0.25) is 9.59 Å². The first-order valence-electron chi connectivity index (χ1n) is 9.52. The van der Waals surface area contributed by atoms with E-state index in [1.165, 1.54) is 0 Å². The highest BCUT2D eigenvalue weighted by Gasteiger charge is 2.41. The fourth-order valence-electron chi connectivity index (χ4n) is 3.35. The first kappa shape index (κ1) is 21.1. The van der Waals surface area contributed by atoms with Crippen molar-refractivity contribution in [3.63, 3.8) is 0 Å². The minimum absolute atomic E-state index is 0.0405. The average molecular weight is 419 g/mol. The summed E-state index contributed by atoms with van der Waals surface area (Å²) in [5.41, 5.74) is 1.93. The van der Waals surface area contributed by atoms with Crippen molar-refractivity contribution >= 4 is 23.6 Å². The molecule has 1 saturated heterocycles. The minimum atomic E-state index is -0.488. The number of thioether (sulfide) groups is 1.